The van der Waals surface area contributed by atoms with Gasteiger partial charge >= 0.3 is 0 Å². The monoisotopic (exact) mass is 268 g/mol. The van der Waals surface area contributed by atoms with E-state index >= 15 is 0 Å². The van der Waals surface area contributed by atoms with E-state index < -0.39 is 0 Å². The Hall–Kier alpha value is 0. The van der Waals surface area contributed by atoms with Crippen molar-refractivity contribution in [1.82, 2.24) is 0 Å². The summed E-state index contributed by atoms with van der Waals surface area (Å²) in [4.78, 5) is 0. The predicted octanol–water partition coefficient (Wildman–Crippen LogP) is 7.08. The zero-order valence-electron chi connectivity index (χ0n) is 14.7. The van der Waals surface area contributed by atoms with Crippen LogP contribution in [0.15, 0.2) is 0 Å². The van der Waals surface area contributed by atoms with E-state index in [-0.39, 0.29) is 0 Å². The SMILES string of the molecule is CC.CC1CCC1.CCCCCC(C)C1CC1CC. The summed E-state index contributed by atoms with van der Waals surface area (Å²) in [7, 11) is 0. The molecule has 0 saturated heterocycles. The summed E-state index contributed by atoms with van der Waals surface area (Å²) in [6.07, 6.45) is 13.2. The van der Waals surface area contributed by atoms with Gasteiger partial charge in [0.05, 0.1) is 0 Å². The van der Waals surface area contributed by atoms with Gasteiger partial charge < -0.3 is 0 Å². The third-order valence-electron chi connectivity index (χ3n) is 4.89. The Morgan fingerprint density at radius 1 is 1.05 bits per heavy atom. The van der Waals surface area contributed by atoms with Gasteiger partial charge in [0.1, 0.15) is 0 Å². The highest BCUT2D eigenvalue weighted by Gasteiger charge is 2.38. The molecule has 116 valence electrons. The fourth-order valence-corrected chi connectivity index (χ4v) is 2.98. The van der Waals surface area contributed by atoms with E-state index in [4.69, 9.17) is 0 Å². The van der Waals surface area contributed by atoms with Crippen LogP contribution in [0.1, 0.15) is 99.3 Å². The van der Waals surface area contributed by atoms with Crippen molar-refractivity contribution >= 4 is 0 Å². The molecule has 0 aromatic carbocycles. The number of rotatable bonds is 6. The van der Waals surface area contributed by atoms with Crippen LogP contribution < -0.4 is 0 Å². The van der Waals surface area contributed by atoms with Gasteiger partial charge in [-0.05, 0) is 30.1 Å². The molecule has 0 bridgehead atoms. The first-order chi connectivity index (χ1) is 9.19. The van der Waals surface area contributed by atoms with Gasteiger partial charge in [0.25, 0.3) is 0 Å². The molecular formula is C19H40. The Labute approximate surface area is 123 Å². The Morgan fingerprint density at radius 3 is 1.95 bits per heavy atom. The molecule has 19 heavy (non-hydrogen) atoms. The van der Waals surface area contributed by atoms with Crippen LogP contribution in [-0.4, -0.2) is 0 Å². The van der Waals surface area contributed by atoms with Crippen molar-refractivity contribution in [2.45, 2.75) is 99.3 Å². The summed E-state index contributed by atoms with van der Waals surface area (Å²) < 4.78 is 0. The maximum absolute atomic E-state index is 2.45. The Kier molecular flexibility index (Phi) is 11.8. The quantitative estimate of drug-likeness (QED) is 0.451. The van der Waals surface area contributed by atoms with Crippen LogP contribution in [-0.2, 0) is 0 Å². The molecule has 0 aliphatic heterocycles. The first-order valence-electron chi connectivity index (χ1n) is 9.19. The van der Waals surface area contributed by atoms with E-state index in [9.17, 15) is 0 Å². The second-order valence-corrected chi connectivity index (χ2v) is 6.58. The lowest BCUT2D eigenvalue weighted by molar-refractivity contribution is 0.346. The van der Waals surface area contributed by atoms with E-state index in [0.29, 0.717) is 0 Å². The molecule has 0 aromatic heterocycles. The molecular weight excluding hydrogens is 228 g/mol. The summed E-state index contributed by atoms with van der Waals surface area (Å²) in [6.45, 7) is 13.4. The third-order valence-corrected chi connectivity index (χ3v) is 4.89. The van der Waals surface area contributed by atoms with Gasteiger partial charge in [0, 0.05) is 0 Å². The molecule has 0 heteroatoms. The molecule has 0 aromatic rings. The normalized spacial score (nSPS) is 26.2. The Balaban J connectivity index is 0.000000383. The summed E-state index contributed by atoms with van der Waals surface area (Å²) in [5.74, 6) is 4.28. The minimum Gasteiger partial charge on any atom is -0.0683 e. The first kappa shape index (κ1) is 19.0. The first-order valence-corrected chi connectivity index (χ1v) is 9.19. The van der Waals surface area contributed by atoms with Crippen LogP contribution in [0.5, 0.6) is 0 Å². The lowest BCUT2D eigenvalue weighted by Crippen LogP contribution is -2.04. The van der Waals surface area contributed by atoms with Gasteiger partial charge in [0.2, 0.25) is 0 Å². The summed E-state index contributed by atoms with van der Waals surface area (Å²) in [5.41, 5.74) is 0. The second-order valence-electron chi connectivity index (χ2n) is 6.58. The van der Waals surface area contributed by atoms with E-state index in [1.54, 1.807) is 0 Å². The predicted molar refractivity (Wildman–Crippen MR) is 89.6 cm³/mol. The molecule has 0 amide bonds. The van der Waals surface area contributed by atoms with Crippen LogP contribution in [0, 0.1) is 23.7 Å². The summed E-state index contributed by atoms with van der Waals surface area (Å²) in [6, 6.07) is 0. The molecule has 2 saturated carbocycles. The highest BCUT2D eigenvalue weighted by molar-refractivity contribution is 4.88. The zero-order chi connectivity index (χ0) is 14.7. The average Bonchev–Trinajstić information content (AvgIpc) is 3.19. The van der Waals surface area contributed by atoms with Crippen LogP contribution in [0.25, 0.3) is 0 Å². The van der Waals surface area contributed by atoms with E-state index in [1.807, 2.05) is 13.8 Å². The maximum atomic E-state index is 2.45. The Bertz CT molecular complexity index is 180. The smallest absolute Gasteiger partial charge is 0.0357 e. The molecule has 0 spiro atoms. The van der Waals surface area contributed by atoms with Gasteiger partial charge in [-0.2, -0.15) is 0 Å². The van der Waals surface area contributed by atoms with Crippen LogP contribution in [0.2, 0.25) is 0 Å². The highest BCUT2D eigenvalue weighted by atomic mass is 14.4. The van der Waals surface area contributed by atoms with Gasteiger partial charge in [-0.3, -0.25) is 0 Å². The summed E-state index contributed by atoms with van der Waals surface area (Å²) in [5, 5.41) is 0. The number of hydrogen-bond donors (Lipinski definition) is 0. The van der Waals surface area contributed by atoms with Crippen molar-refractivity contribution < 1.29 is 0 Å². The summed E-state index contributed by atoms with van der Waals surface area (Å²) >= 11 is 0. The molecule has 3 atom stereocenters. The maximum Gasteiger partial charge on any atom is -0.0357 e. The molecule has 0 radical (unpaired) electrons. The molecule has 0 heterocycles. The fraction of sp³-hybridized carbons (Fsp3) is 1.00. The molecule has 2 rings (SSSR count). The van der Waals surface area contributed by atoms with Crippen molar-refractivity contribution in [3.63, 3.8) is 0 Å². The molecule has 2 aliphatic rings. The van der Waals surface area contributed by atoms with Gasteiger partial charge in [0.15, 0.2) is 0 Å². The highest BCUT2D eigenvalue weighted by Crippen LogP contribution is 2.47. The minimum atomic E-state index is 1.02. The topological polar surface area (TPSA) is 0 Å². The van der Waals surface area contributed by atoms with Gasteiger partial charge in [-0.1, -0.05) is 92.9 Å². The third kappa shape index (κ3) is 8.71. The van der Waals surface area contributed by atoms with Crippen molar-refractivity contribution in [1.29, 1.82) is 0 Å². The van der Waals surface area contributed by atoms with Crippen LogP contribution in [0.3, 0.4) is 0 Å². The van der Waals surface area contributed by atoms with Crippen molar-refractivity contribution in [2.75, 3.05) is 0 Å². The van der Waals surface area contributed by atoms with Crippen molar-refractivity contribution in [3.8, 4) is 0 Å². The zero-order valence-corrected chi connectivity index (χ0v) is 14.7. The molecule has 0 nitrogen and oxygen atoms in total. The lowest BCUT2D eigenvalue weighted by atomic mass is 9.88. The second kappa shape index (κ2) is 11.8. The Morgan fingerprint density at radius 2 is 1.63 bits per heavy atom. The van der Waals surface area contributed by atoms with E-state index in [0.717, 1.165) is 23.7 Å². The minimum absolute atomic E-state index is 1.02. The van der Waals surface area contributed by atoms with Crippen molar-refractivity contribution in [3.05, 3.63) is 0 Å². The van der Waals surface area contributed by atoms with Gasteiger partial charge in [-0.25, -0.2) is 0 Å². The average molecular weight is 269 g/mol. The van der Waals surface area contributed by atoms with E-state index in [2.05, 4.69) is 27.7 Å². The standard InChI is InChI=1S/C12H24.C5H10.C2H6/c1-4-6-7-8-10(3)12-9-11(12)5-2;1-5-3-2-4-5;1-2/h10-12H,4-9H2,1-3H3;5H,2-4H2,1H3;1-2H3. The van der Waals surface area contributed by atoms with Crippen molar-refractivity contribution in [2.24, 2.45) is 23.7 Å². The van der Waals surface area contributed by atoms with Crippen LogP contribution in [0.4, 0.5) is 0 Å². The molecule has 0 N–H and O–H groups in total. The van der Waals surface area contributed by atoms with Crippen LogP contribution >= 0.6 is 0 Å². The molecule has 3 unspecified atom stereocenters. The fourth-order valence-electron chi connectivity index (χ4n) is 2.98. The largest absolute Gasteiger partial charge is 0.0683 e. The molecule has 2 aliphatic carbocycles. The van der Waals surface area contributed by atoms with Gasteiger partial charge in [-0.15, -0.1) is 0 Å². The number of hydrogen-bond acceptors (Lipinski definition) is 0. The van der Waals surface area contributed by atoms with E-state index in [1.165, 1.54) is 57.8 Å². The lowest BCUT2D eigenvalue weighted by Gasteiger charge is -2.18. The number of unbranched alkanes of at least 4 members (excludes halogenated alkanes) is 2. The molecule has 2 fully saturated rings.